The first-order valence-corrected chi connectivity index (χ1v) is 7.19. The fraction of sp³-hybridized carbons (Fsp3) is 0.235. The quantitative estimate of drug-likeness (QED) is 0.910. The van der Waals surface area contributed by atoms with Gasteiger partial charge in [0.1, 0.15) is 0 Å². The zero-order valence-electron chi connectivity index (χ0n) is 11.1. The van der Waals surface area contributed by atoms with E-state index in [1.807, 2.05) is 42.5 Å². The molecule has 0 aromatic heterocycles. The normalized spacial score (nSPS) is 20.4. The second kappa shape index (κ2) is 5.68. The molecule has 1 aliphatic carbocycles. The topological polar surface area (TPSA) is 29.1 Å². The van der Waals surface area contributed by atoms with Crippen LogP contribution < -0.4 is 5.32 Å². The summed E-state index contributed by atoms with van der Waals surface area (Å²) in [7, 11) is 0. The molecule has 0 radical (unpaired) electrons. The molecule has 0 bridgehead atoms. The van der Waals surface area contributed by atoms with Crippen molar-refractivity contribution in [3.8, 4) is 0 Å². The Hall–Kier alpha value is -1.80. The van der Waals surface area contributed by atoms with Crippen LogP contribution in [0.1, 0.15) is 23.5 Å². The van der Waals surface area contributed by atoms with Crippen molar-refractivity contribution < 1.29 is 4.79 Å². The van der Waals surface area contributed by atoms with Gasteiger partial charge in [-0.2, -0.15) is 0 Å². The number of halogens is 1. The minimum Gasteiger partial charge on any atom is -0.352 e. The lowest BCUT2D eigenvalue weighted by Gasteiger charge is -2.05. The van der Waals surface area contributed by atoms with Gasteiger partial charge in [-0.05, 0) is 35.6 Å². The zero-order chi connectivity index (χ0) is 13.9. The molecule has 3 rings (SSSR count). The van der Waals surface area contributed by atoms with E-state index in [0.717, 1.165) is 12.0 Å². The number of amides is 1. The summed E-state index contributed by atoms with van der Waals surface area (Å²) in [4.78, 5) is 12.1. The largest absolute Gasteiger partial charge is 0.352 e. The summed E-state index contributed by atoms with van der Waals surface area (Å²) in [6, 6.07) is 17.8. The van der Waals surface area contributed by atoms with Crippen molar-refractivity contribution >= 4 is 17.5 Å². The zero-order valence-corrected chi connectivity index (χ0v) is 11.8. The maximum atomic E-state index is 12.1. The average molecular weight is 286 g/mol. The van der Waals surface area contributed by atoms with Gasteiger partial charge in [0, 0.05) is 17.5 Å². The molecule has 0 unspecified atom stereocenters. The van der Waals surface area contributed by atoms with Crippen molar-refractivity contribution in [2.75, 3.05) is 0 Å². The first-order valence-electron chi connectivity index (χ1n) is 6.81. The molecule has 1 saturated carbocycles. The van der Waals surface area contributed by atoms with Crippen LogP contribution in [-0.4, -0.2) is 5.91 Å². The smallest absolute Gasteiger partial charge is 0.224 e. The van der Waals surface area contributed by atoms with E-state index in [9.17, 15) is 4.79 Å². The van der Waals surface area contributed by atoms with Crippen molar-refractivity contribution in [2.24, 2.45) is 5.92 Å². The summed E-state index contributed by atoms with van der Waals surface area (Å²) in [6.07, 6.45) is 0.955. The maximum absolute atomic E-state index is 12.1. The summed E-state index contributed by atoms with van der Waals surface area (Å²) in [6.45, 7) is 0.564. The molecule has 0 spiro atoms. The third kappa shape index (κ3) is 3.02. The Morgan fingerprint density at radius 3 is 2.50 bits per heavy atom. The molecule has 1 N–H and O–H groups in total. The molecular formula is C17H16ClNO. The van der Waals surface area contributed by atoms with Crippen LogP contribution in [0.5, 0.6) is 0 Å². The van der Waals surface area contributed by atoms with Gasteiger partial charge in [0.05, 0.1) is 0 Å². The van der Waals surface area contributed by atoms with Gasteiger partial charge in [-0.25, -0.2) is 0 Å². The van der Waals surface area contributed by atoms with Crippen LogP contribution in [0.4, 0.5) is 0 Å². The van der Waals surface area contributed by atoms with Crippen molar-refractivity contribution in [2.45, 2.75) is 18.9 Å². The Labute approximate surface area is 123 Å². The average Bonchev–Trinajstić information content (AvgIpc) is 3.28. The van der Waals surface area contributed by atoms with Gasteiger partial charge in [-0.1, -0.05) is 54.1 Å². The Morgan fingerprint density at radius 2 is 1.80 bits per heavy atom. The van der Waals surface area contributed by atoms with Crippen LogP contribution in [0.3, 0.4) is 0 Å². The first kappa shape index (κ1) is 13.2. The molecule has 2 nitrogen and oxygen atoms in total. The third-order valence-corrected chi connectivity index (χ3v) is 3.99. The minimum absolute atomic E-state index is 0.129. The van der Waals surface area contributed by atoms with E-state index in [1.165, 1.54) is 5.56 Å². The minimum atomic E-state index is 0.129. The maximum Gasteiger partial charge on any atom is 0.224 e. The molecule has 2 aromatic carbocycles. The highest BCUT2D eigenvalue weighted by Gasteiger charge is 2.43. The Morgan fingerprint density at radius 1 is 1.10 bits per heavy atom. The van der Waals surface area contributed by atoms with Gasteiger partial charge < -0.3 is 5.32 Å². The first-order chi connectivity index (χ1) is 9.74. The number of carbonyl (C=O) groups excluding carboxylic acids is 1. The summed E-state index contributed by atoms with van der Waals surface area (Å²) in [5.74, 6) is 0.667. The third-order valence-electron chi connectivity index (χ3n) is 3.73. The van der Waals surface area contributed by atoms with E-state index in [2.05, 4.69) is 17.4 Å². The number of hydrogen-bond acceptors (Lipinski definition) is 1. The van der Waals surface area contributed by atoms with Crippen molar-refractivity contribution in [1.29, 1.82) is 0 Å². The van der Waals surface area contributed by atoms with Gasteiger partial charge in [-0.15, -0.1) is 0 Å². The van der Waals surface area contributed by atoms with Gasteiger partial charge in [0.25, 0.3) is 0 Å². The molecule has 102 valence electrons. The molecule has 2 aromatic rings. The molecule has 3 heteroatoms. The van der Waals surface area contributed by atoms with E-state index in [1.54, 1.807) is 0 Å². The predicted octanol–water partition coefficient (Wildman–Crippen LogP) is 3.76. The van der Waals surface area contributed by atoms with Crippen molar-refractivity contribution in [3.63, 3.8) is 0 Å². The van der Waals surface area contributed by atoms with Crippen LogP contribution in [0.2, 0.25) is 5.02 Å². The van der Waals surface area contributed by atoms with E-state index in [0.29, 0.717) is 17.5 Å². The van der Waals surface area contributed by atoms with Crippen LogP contribution in [0, 0.1) is 5.92 Å². The van der Waals surface area contributed by atoms with Crippen molar-refractivity contribution in [3.05, 3.63) is 70.7 Å². The number of nitrogens with one attached hydrogen (secondary N) is 1. The summed E-state index contributed by atoms with van der Waals surface area (Å²) < 4.78 is 0. The molecule has 0 saturated heterocycles. The highest BCUT2D eigenvalue weighted by atomic mass is 35.5. The monoisotopic (exact) mass is 285 g/mol. The van der Waals surface area contributed by atoms with E-state index >= 15 is 0 Å². The highest BCUT2D eigenvalue weighted by Crippen LogP contribution is 2.47. The molecular weight excluding hydrogens is 270 g/mol. The predicted molar refractivity (Wildman–Crippen MR) is 80.6 cm³/mol. The second-order valence-electron chi connectivity index (χ2n) is 5.20. The summed E-state index contributed by atoms with van der Waals surface area (Å²) in [5, 5.41) is 3.71. The number of rotatable bonds is 4. The number of benzene rings is 2. The Kier molecular flexibility index (Phi) is 3.75. The van der Waals surface area contributed by atoms with E-state index in [-0.39, 0.29) is 11.8 Å². The van der Waals surface area contributed by atoms with Crippen LogP contribution in [0.25, 0.3) is 0 Å². The highest BCUT2D eigenvalue weighted by molar-refractivity contribution is 6.30. The molecule has 1 fully saturated rings. The van der Waals surface area contributed by atoms with Crippen LogP contribution in [-0.2, 0) is 11.3 Å². The summed E-state index contributed by atoms with van der Waals surface area (Å²) >= 11 is 5.83. The molecule has 2 atom stereocenters. The number of carbonyl (C=O) groups is 1. The molecule has 0 aliphatic heterocycles. The van der Waals surface area contributed by atoms with Crippen LogP contribution >= 0.6 is 11.6 Å². The number of hydrogen-bond donors (Lipinski definition) is 1. The summed E-state index contributed by atoms with van der Waals surface area (Å²) in [5.41, 5.74) is 2.33. The Balaban J connectivity index is 1.53. The van der Waals surface area contributed by atoms with Crippen molar-refractivity contribution in [1.82, 2.24) is 5.32 Å². The van der Waals surface area contributed by atoms with Gasteiger partial charge in [0.15, 0.2) is 0 Å². The van der Waals surface area contributed by atoms with E-state index < -0.39 is 0 Å². The SMILES string of the molecule is O=C(NCc1ccc(Cl)cc1)[C@H]1C[C@@H]1c1ccccc1. The van der Waals surface area contributed by atoms with Gasteiger partial charge in [-0.3, -0.25) is 4.79 Å². The lowest BCUT2D eigenvalue weighted by Crippen LogP contribution is -2.24. The van der Waals surface area contributed by atoms with Gasteiger partial charge in [0.2, 0.25) is 5.91 Å². The van der Waals surface area contributed by atoms with Gasteiger partial charge >= 0.3 is 0 Å². The lowest BCUT2D eigenvalue weighted by molar-refractivity contribution is -0.122. The molecule has 1 amide bonds. The van der Waals surface area contributed by atoms with Crippen LogP contribution in [0.15, 0.2) is 54.6 Å². The molecule has 0 heterocycles. The standard InChI is InChI=1S/C17H16ClNO/c18-14-8-6-12(7-9-14)11-19-17(20)16-10-15(16)13-4-2-1-3-5-13/h1-9,15-16H,10-11H2,(H,19,20)/t15-,16+/m1/s1. The molecule has 20 heavy (non-hydrogen) atoms. The lowest BCUT2D eigenvalue weighted by atomic mass is 10.1. The fourth-order valence-electron chi connectivity index (χ4n) is 2.48. The fourth-order valence-corrected chi connectivity index (χ4v) is 2.60. The Bertz CT molecular complexity index is 594. The van der Waals surface area contributed by atoms with E-state index in [4.69, 9.17) is 11.6 Å². The second-order valence-corrected chi connectivity index (χ2v) is 5.64. The molecule has 1 aliphatic rings.